The number of hydrogen-bond donors (Lipinski definition) is 2. The molecule has 2 aromatic rings. The summed E-state index contributed by atoms with van der Waals surface area (Å²) < 4.78 is 2.89. The number of H-pyrrole nitrogens is 1. The van der Waals surface area contributed by atoms with E-state index in [-0.39, 0.29) is 6.61 Å². The minimum Gasteiger partial charge on any atom is -0.388 e. The first-order valence-corrected chi connectivity index (χ1v) is 6.35. The van der Waals surface area contributed by atoms with Gasteiger partial charge in [-0.2, -0.15) is 5.10 Å². The number of benzene rings is 1. The summed E-state index contributed by atoms with van der Waals surface area (Å²) in [6.45, 7) is 1.71. The highest BCUT2D eigenvalue weighted by Crippen LogP contribution is 2.28. The van der Waals surface area contributed by atoms with E-state index in [0.717, 1.165) is 15.7 Å². The standard InChI is InChI=1S/C10H9BrClN3OS/c1-5-2-6(11)8(3-7(5)12)15-9(4-16)13-14-10(15)17/h2-3,16H,4H2,1H3,(H,14,17). The number of aromatic amines is 1. The van der Waals surface area contributed by atoms with Crippen LogP contribution in [-0.4, -0.2) is 19.9 Å². The molecule has 0 bridgehead atoms. The number of nitrogens with zero attached hydrogens (tertiary/aromatic N) is 2. The predicted molar refractivity (Wildman–Crippen MR) is 72.1 cm³/mol. The van der Waals surface area contributed by atoms with Crippen molar-refractivity contribution in [3.05, 3.63) is 37.8 Å². The maximum atomic E-state index is 9.21. The largest absolute Gasteiger partial charge is 0.388 e. The number of aryl methyl sites for hydroxylation is 1. The van der Waals surface area contributed by atoms with Gasteiger partial charge >= 0.3 is 0 Å². The van der Waals surface area contributed by atoms with Crippen LogP contribution in [0.2, 0.25) is 5.02 Å². The summed E-state index contributed by atoms with van der Waals surface area (Å²) in [4.78, 5) is 0. The fourth-order valence-corrected chi connectivity index (χ4v) is 2.53. The summed E-state index contributed by atoms with van der Waals surface area (Å²) in [5.74, 6) is 0.440. The molecule has 0 amide bonds. The lowest BCUT2D eigenvalue weighted by molar-refractivity contribution is 0.268. The first kappa shape index (κ1) is 12.8. The quantitative estimate of drug-likeness (QED) is 0.830. The van der Waals surface area contributed by atoms with Crippen LogP contribution in [0.3, 0.4) is 0 Å². The molecule has 0 spiro atoms. The Balaban J connectivity index is 2.72. The number of aromatic nitrogens is 3. The average molecular weight is 335 g/mol. The zero-order valence-corrected chi connectivity index (χ0v) is 12.0. The van der Waals surface area contributed by atoms with Crippen LogP contribution in [0.1, 0.15) is 11.4 Å². The molecule has 2 rings (SSSR count). The zero-order valence-electron chi connectivity index (χ0n) is 8.87. The van der Waals surface area contributed by atoms with Crippen LogP contribution in [0, 0.1) is 11.7 Å². The van der Waals surface area contributed by atoms with Gasteiger partial charge in [0.1, 0.15) is 6.61 Å². The van der Waals surface area contributed by atoms with Gasteiger partial charge in [0.05, 0.1) is 5.69 Å². The Bertz CT molecular complexity index is 622. The highest BCUT2D eigenvalue weighted by Gasteiger charge is 2.12. The number of aliphatic hydroxyl groups excluding tert-OH is 1. The van der Waals surface area contributed by atoms with E-state index >= 15 is 0 Å². The fourth-order valence-electron chi connectivity index (χ4n) is 1.49. The van der Waals surface area contributed by atoms with E-state index in [4.69, 9.17) is 23.8 Å². The third-order valence-electron chi connectivity index (χ3n) is 2.35. The number of hydrogen-bond acceptors (Lipinski definition) is 3. The molecule has 1 aromatic carbocycles. The number of nitrogens with one attached hydrogen (secondary N) is 1. The van der Waals surface area contributed by atoms with Gasteiger partial charge in [-0.25, -0.2) is 0 Å². The highest BCUT2D eigenvalue weighted by molar-refractivity contribution is 9.10. The molecule has 4 nitrogen and oxygen atoms in total. The van der Waals surface area contributed by atoms with Gasteiger partial charge in [-0.05, 0) is 52.8 Å². The van der Waals surface area contributed by atoms with E-state index in [0.29, 0.717) is 15.6 Å². The lowest BCUT2D eigenvalue weighted by Gasteiger charge is -2.09. The summed E-state index contributed by atoms with van der Waals surface area (Å²) in [7, 11) is 0. The van der Waals surface area contributed by atoms with Crippen LogP contribution in [0.15, 0.2) is 16.6 Å². The maximum Gasteiger partial charge on any atom is 0.199 e. The minimum atomic E-state index is -0.203. The first-order chi connectivity index (χ1) is 8.04. The molecule has 90 valence electrons. The van der Waals surface area contributed by atoms with Crippen molar-refractivity contribution in [3.63, 3.8) is 0 Å². The van der Waals surface area contributed by atoms with E-state index in [1.165, 1.54) is 0 Å². The van der Waals surface area contributed by atoms with Crippen molar-refractivity contribution in [3.8, 4) is 5.69 Å². The SMILES string of the molecule is Cc1cc(Br)c(-n2c(CO)n[nH]c2=S)cc1Cl. The molecular weight excluding hydrogens is 326 g/mol. The average Bonchev–Trinajstić information content (AvgIpc) is 2.65. The van der Waals surface area contributed by atoms with Crippen LogP contribution in [0.25, 0.3) is 5.69 Å². The predicted octanol–water partition coefficient (Wildman–Crippen LogP) is 3.15. The Morgan fingerprint density at radius 2 is 2.29 bits per heavy atom. The van der Waals surface area contributed by atoms with Crippen LogP contribution in [-0.2, 0) is 6.61 Å². The van der Waals surface area contributed by atoms with Crippen molar-refractivity contribution in [2.45, 2.75) is 13.5 Å². The second kappa shape index (κ2) is 4.89. The molecule has 0 aliphatic rings. The Morgan fingerprint density at radius 3 is 2.94 bits per heavy atom. The smallest absolute Gasteiger partial charge is 0.199 e. The van der Waals surface area contributed by atoms with Crippen LogP contribution < -0.4 is 0 Å². The molecule has 0 atom stereocenters. The Hall–Kier alpha value is -0.690. The minimum absolute atomic E-state index is 0.203. The molecule has 0 saturated carbocycles. The van der Waals surface area contributed by atoms with Crippen molar-refractivity contribution >= 4 is 39.7 Å². The van der Waals surface area contributed by atoms with E-state index in [1.807, 2.05) is 13.0 Å². The van der Waals surface area contributed by atoms with E-state index in [9.17, 15) is 5.11 Å². The topological polar surface area (TPSA) is 53.8 Å². The van der Waals surface area contributed by atoms with E-state index in [1.54, 1.807) is 10.6 Å². The summed E-state index contributed by atoms with van der Waals surface area (Å²) in [5, 5.41) is 16.4. The molecule has 2 N–H and O–H groups in total. The van der Waals surface area contributed by atoms with Gasteiger partial charge in [0.15, 0.2) is 10.6 Å². The molecule has 0 radical (unpaired) electrons. The molecule has 0 aliphatic heterocycles. The fraction of sp³-hybridized carbons (Fsp3) is 0.200. The van der Waals surface area contributed by atoms with Gasteiger partial charge in [0.2, 0.25) is 0 Å². The highest BCUT2D eigenvalue weighted by atomic mass is 79.9. The van der Waals surface area contributed by atoms with Crippen LogP contribution in [0.4, 0.5) is 0 Å². The lowest BCUT2D eigenvalue weighted by Crippen LogP contribution is -2.02. The molecule has 0 unspecified atom stereocenters. The molecule has 1 aromatic heterocycles. The monoisotopic (exact) mass is 333 g/mol. The Kier molecular flexibility index (Phi) is 3.67. The molecule has 7 heteroatoms. The van der Waals surface area contributed by atoms with Crippen LogP contribution in [0.5, 0.6) is 0 Å². The van der Waals surface area contributed by atoms with Crippen molar-refractivity contribution < 1.29 is 5.11 Å². The van der Waals surface area contributed by atoms with Crippen molar-refractivity contribution in [1.29, 1.82) is 0 Å². The summed E-state index contributed by atoms with van der Waals surface area (Å²) >= 11 is 14.7. The molecule has 1 heterocycles. The second-order valence-corrected chi connectivity index (χ2v) is 5.14. The van der Waals surface area contributed by atoms with Gasteiger partial charge in [0.25, 0.3) is 0 Å². The summed E-state index contributed by atoms with van der Waals surface area (Å²) in [6.07, 6.45) is 0. The third-order valence-corrected chi connectivity index (χ3v) is 3.67. The maximum absolute atomic E-state index is 9.21. The van der Waals surface area contributed by atoms with Crippen molar-refractivity contribution in [2.75, 3.05) is 0 Å². The second-order valence-electron chi connectivity index (χ2n) is 3.49. The van der Waals surface area contributed by atoms with Gasteiger partial charge in [0, 0.05) is 9.50 Å². The Labute approximate surface area is 116 Å². The first-order valence-electron chi connectivity index (χ1n) is 4.77. The summed E-state index contributed by atoms with van der Waals surface area (Å²) in [5.41, 5.74) is 1.71. The van der Waals surface area contributed by atoms with E-state index < -0.39 is 0 Å². The van der Waals surface area contributed by atoms with Gasteiger partial charge in [-0.15, -0.1) is 0 Å². The Morgan fingerprint density at radius 1 is 1.59 bits per heavy atom. The number of aliphatic hydroxyl groups is 1. The summed E-state index contributed by atoms with van der Waals surface area (Å²) in [6, 6.07) is 3.68. The van der Waals surface area contributed by atoms with E-state index in [2.05, 4.69) is 26.1 Å². The third kappa shape index (κ3) is 2.30. The molecular formula is C10H9BrClN3OS. The number of rotatable bonds is 2. The molecule has 0 aliphatic carbocycles. The van der Waals surface area contributed by atoms with Crippen molar-refractivity contribution in [2.24, 2.45) is 0 Å². The number of halogens is 2. The molecule has 0 saturated heterocycles. The van der Waals surface area contributed by atoms with Crippen molar-refractivity contribution in [1.82, 2.24) is 14.8 Å². The van der Waals surface area contributed by atoms with Gasteiger partial charge in [-0.3, -0.25) is 9.67 Å². The molecule has 17 heavy (non-hydrogen) atoms. The lowest BCUT2D eigenvalue weighted by atomic mass is 10.2. The molecule has 0 fully saturated rings. The normalized spacial score (nSPS) is 10.8. The zero-order chi connectivity index (χ0) is 12.6. The van der Waals surface area contributed by atoms with Gasteiger partial charge < -0.3 is 5.11 Å². The van der Waals surface area contributed by atoms with Gasteiger partial charge in [-0.1, -0.05) is 11.6 Å². The van der Waals surface area contributed by atoms with Crippen LogP contribution >= 0.6 is 39.7 Å².